The minimum Gasteiger partial charge on any atom is -0.508 e. The fourth-order valence-electron chi connectivity index (χ4n) is 2.65. The number of aromatic amines is 1. The zero-order chi connectivity index (χ0) is 15.7. The average Bonchev–Trinajstić information content (AvgIpc) is 2.88. The van der Waals surface area contributed by atoms with Gasteiger partial charge in [0.1, 0.15) is 23.2 Å². The molecule has 3 rings (SSSR count). The predicted molar refractivity (Wildman–Crippen MR) is 80.0 cm³/mol. The molecule has 1 aliphatic rings. The standard InChI is InChI=1S/C16H16N4O2/c1-2-4-12-19-14-13(9-5-3-6-10(21)7-9)11(8-17)15(18)22-16(14)20-12/h3,5-7,13,21H,2,4,18H2,1H3,(H,19,20)/t13-/m1/s1. The van der Waals surface area contributed by atoms with Gasteiger partial charge in [-0.05, 0) is 24.1 Å². The Balaban J connectivity index is 2.15. The first-order valence-electron chi connectivity index (χ1n) is 7.09. The summed E-state index contributed by atoms with van der Waals surface area (Å²) in [5.41, 5.74) is 7.64. The first-order chi connectivity index (χ1) is 10.6. The molecule has 0 saturated heterocycles. The summed E-state index contributed by atoms with van der Waals surface area (Å²) in [5, 5.41) is 19.2. The molecule has 0 unspecified atom stereocenters. The van der Waals surface area contributed by atoms with Gasteiger partial charge in [0.15, 0.2) is 0 Å². The molecule has 112 valence electrons. The van der Waals surface area contributed by atoms with Crippen molar-refractivity contribution in [3.8, 4) is 17.7 Å². The number of aromatic nitrogens is 2. The third kappa shape index (κ3) is 2.27. The molecule has 0 spiro atoms. The fraction of sp³-hybridized carbons (Fsp3) is 0.250. The molecule has 22 heavy (non-hydrogen) atoms. The number of phenols is 1. The Morgan fingerprint density at radius 3 is 3.00 bits per heavy atom. The average molecular weight is 296 g/mol. The second-order valence-electron chi connectivity index (χ2n) is 5.17. The van der Waals surface area contributed by atoms with Crippen molar-refractivity contribution in [1.29, 1.82) is 5.26 Å². The maximum atomic E-state index is 9.72. The Labute approximate surface area is 127 Å². The highest BCUT2D eigenvalue weighted by molar-refractivity contribution is 5.52. The fourth-order valence-corrected chi connectivity index (χ4v) is 2.65. The van der Waals surface area contributed by atoms with Gasteiger partial charge in [0.2, 0.25) is 11.8 Å². The maximum Gasteiger partial charge on any atom is 0.243 e. The summed E-state index contributed by atoms with van der Waals surface area (Å²) in [6, 6.07) is 8.87. The summed E-state index contributed by atoms with van der Waals surface area (Å²) in [4.78, 5) is 7.62. The van der Waals surface area contributed by atoms with Crippen molar-refractivity contribution >= 4 is 0 Å². The minimum atomic E-state index is -0.418. The third-order valence-corrected chi connectivity index (χ3v) is 3.61. The van der Waals surface area contributed by atoms with Gasteiger partial charge in [0.05, 0.1) is 11.6 Å². The number of phenolic OH excluding ortho intramolecular Hbond substituents is 1. The van der Waals surface area contributed by atoms with E-state index in [-0.39, 0.29) is 11.6 Å². The molecule has 1 atom stereocenters. The summed E-state index contributed by atoms with van der Waals surface area (Å²) in [7, 11) is 0. The van der Waals surface area contributed by atoms with Crippen LogP contribution in [0.1, 0.15) is 36.3 Å². The molecule has 0 radical (unpaired) electrons. The van der Waals surface area contributed by atoms with Crippen molar-refractivity contribution < 1.29 is 9.84 Å². The molecule has 0 amide bonds. The summed E-state index contributed by atoms with van der Waals surface area (Å²) in [5.74, 6) is 0.962. The van der Waals surface area contributed by atoms with Crippen LogP contribution in [0, 0.1) is 11.3 Å². The third-order valence-electron chi connectivity index (χ3n) is 3.61. The number of ether oxygens (including phenoxy) is 1. The van der Waals surface area contributed by atoms with Gasteiger partial charge >= 0.3 is 0 Å². The van der Waals surface area contributed by atoms with E-state index in [9.17, 15) is 10.4 Å². The molecule has 1 aliphatic heterocycles. The van der Waals surface area contributed by atoms with Gasteiger partial charge < -0.3 is 20.6 Å². The van der Waals surface area contributed by atoms with Crippen molar-refractivity contribution in [1.82, 2.24) is 9.97 Å². The molecule has 0 fully saturated rings. The van der Waals surface area contributed by atoms with Crippen molar-refractivity contribution in [2.45, 2.75) is 25.7 Å². The molecular formula is C16H16N4O2. The number of imidazole rings is 1. The van der Waals surface area contributed by atoms with Crippen LogP contribution < -0.4 is 10.5 Å². The van der Waals surface area contributed by atoms with E-state index in [1.807, 2.05) is 6.07 Å². The highest BCUT2D eigenvalue weighted by Crippen LogP contribution is 2.41. The predicted octanol–water partition coefficient (Wildman–Crippen LogP) is 2.29. The first-order valence-corrected chi connectivity index (χ1v) is 7.09. The highest BCUT2D eigenvalue weighted by atomic mass is 16.5. The number of aromatic hydroxyl groups is 1. The smallest absolute Gasteiger partial charge is 0.243 e. The van der Waals surface area contributed by atoms with E-state index in [4.69, 9.17) is 10.5 Å². The Morgan fingerprint density at radius 2 is 2.32 bits per heavy atom. The number of allylic oxidation sites excluding steroid dienone is 1. The first kappa shape index (κ1) is 14.0. The molecule has 0 saturated carbocycles. The van der Waals surface area contributed by atoms with Crippen LogP contribution in [0.15, 0.2) is 35.7 Å². The molecule has 0 aliphatic carbocycles. The number of hydrogen-bond acceptors (Lipinski definition) is 5. The van der Waals surface area contributed by atoms with Crippen LogP contribution in [0.25, 0.3) is 0 Å². The number of rotatable bonds is 3. The van der Waals surface area contributed by atoms with Crippen molar-refractivity contribution in [2.24, 2.45) is 5.73 Å². The number of H-pyrrole nitrogens is 1. The summed E-state index contributed by atoms with van der Waals surface area (Å²) >= 11 is 0. The lowest BCUT2D eigenvalue weighted by Gasteiger charge is -2.22. The van der Waals surface area contributed by atoms with E-state index in [0.29, 0.717) is 17.1 Å². The number of nitrogens with one attached hydrogen (secondary N) is 1. The zero-order valence-electron chi connectivity index (χ0n) is 12.1. The number of benzene rings is 1. The van der Waals surface area contributed by atoms with Crippen molar-refractivity contribution in [3.05, 3.63) is 52.8 Å². The van der Waals surface area contributed by atoms with E-state index >= 15 is 0 Å². The normalized spacial score (nSPS) is 16.8. The van der Waals surface area contributed by atoms with E-state index < -0.39 is 5.92 Å². The minimum absolute atomic E-state index is 0.0536. The number of fused-ring (bicyclic) bond motifs is 1. The molecule has 6 heteroatoms. The lowest BCUT2D eigenvalue weighted by molar-refractivity contribution is 0.379. The second kappa shape index (κ2) is 5.45. The Bertz CT molecular complexity index is 786. The van der Waals surface area contributed by atoms with Gasteiger partial charge in [-0.15, -0.1) is 0 Å². The van der Waals surface area contributed by atoms with E-state index in [0.717, 1.165) is 24.2 Å². The van der Waals surface area contributed by atoms with Gasteiger partial charge in [-0.3, -0.25) is 0 Å². The largest absolute Gasteiger partial charge is 0.508 e. The lowest BCUT2D eigenvalue weighted by atomic mass is 9.88. The second-order valence-corrected chi connectivity index (χ2v) is 5.17. The van der Waals surface area contributed by atoms with Gasteiger partial charge in [0.25, 0.3) is 0 Å². The van der Waals surface area contributed by atoms with Crippen LogP contribution in [-0.2, 0) is 6.42 Å². The molecule has 2 heterocycles. The Hall–Kier alpha value is -2.94. The quantitative estimate of drug-likeness (QED) is 0.805. The Morgan fingerprint density at radius 1 is 1.50 bits per heavy atom. The Kier molecular flexibility index (Phi) is 3.47. The molecule has 6 nitrogen and oxygen atoms in total. The topological polar surface area (TPSA) is 108 Å². The molecule has 2 aromatic rings. The molecular weight excluding hydrogens is 280 g/mol. The van der Waals surface area contributed by atoms with Crippen LogP contribution >= 0.6 is 0 Å². The SMILES string of the molecule is CCCc1nc2c([nH]1)[C@H](c1cccc(O)c1)C(C#N)=C(N)O2. The van der Waals surface area contributed by atoms with Crippen LogP contribution in [0.2, 0.25) is 0 Å². The van der Waals surface area contributed by atoms with Gasteiger partial charge in [-0.1, -0.05) is 19.1 Å². The summed E-state index contributed by atoms with van der Waals surface area (Å²) < 4.78 is 5.47. The molecule has 4 N–H and O–H groups in total. The highest BCUT2D eigenvalue weighted by Gasteiger charge is 2.33. The van der Waals surface area contributed by atoms with Crippen molar-refractivity contribution in [2.75, 3.05) is 0 Å². The number of aryl methyl sites for hydroxylation is 1. The van der Waals surface area contributed by atoms with Crippen LogP contribution in [0.3, 0.4) is 0 Å². The van der Waals surface area contributed by atoms with Crippen LogP contribution in [-0.4, -0.2) is 15.1 Å². The zero-order valence-corrected chi connectivity index (χ0v) is 12.1. The summed E-state index contributed by atoms with van der Waals surface area (Å²) in [6.45, 7) is 2.06. The number of nitriles is 1. The van der Waals surface area contributed by atoms with Crippen molar-refractivity contribution in [3.63, 3.8) is 0 Å². The number of hydrogen-bond donors (Lipinski definition) is 3. The monoisotopic (exact) mass is 296 g/mol. The number of nitrogens with two attached hydrogens (primary N) is 1. The molecule has 1 aromatic heterocycles. The van der Waals surface area contributed by atoms with E-state index in [1.54, 1.807) is 18.2 Å². The molecule has 0 bridgehead atoms. The maximum absolute atomic E-state index is 9.72. The van der Waals surface area contributed by atoms with Gasteiger partial charge in [-0.25, -0.2) is 0 Å². The van der Waals surface area contributed by atoms with Crippen LogP contribution in [0.5, 0.6) is 11.6 Å². The van der Waals surface area contributed by atoms with Gasteiger partial charge in [0, 0.05) is 6.42 Å². The summed E-state index contributed by atoms with van der Waals surface area (Å²) in [6.07, 6.45) is 1.72. The lowest BCUT2D eigenvalue weighted by Crippen LogP contribution is -2.21. The molecule has 1 aromatic carbocycles. The number of nitrogens with zero attached hydrogens (tertiary/aromatic N) is 2. The van der Waals surface area contributed by atoms with Crippen LogP contribution in [0.4, 0.5) is 0 Å². The van der Waals surface area contributed by atoms with E-state index in [1.165, 1.54) is 0 Å². The van der Waals surface area contributed by atoms with E-state index in [2.05, 4.69) is 23.0 Å². The van der Waals surface area contributed by atoms with Gasteiger partial charge in [-0.2, -0.15) is 10.2 Å².